The van der Waals surface area contributed by atoms with Gasteiger partial charge in [-0.05, 0) is 58.3 Å². The molecule has 31 heavy (non-hydrogen) atoms. The fourth-order valence-corrected chi connectivity index (χ4v) is 3.13. The highest BCUT2D eigenvalue weighted by molar-refractivity contribution is 5.76. The van der Waals surface area contributed by atoms with Crippen LogP contribution in [-0.4, -0.2) is 34.9 Å². The van der Waals surface area contributed by atoms with Crippen LogP contribution in [0.5, 0.6) is 0 Å². The molecular weight excluding hydrogens is 386 g/mol. The number of hydrogen-bond donors (Lipinski definition) is 3. The first-order valence-corrected chi connectivity index (χ1v) is 12.3. The Morgan fingerprint density at radius 3 is 2.03 bits per heavy atom. The fraction of sp³-hybridized carbons (Fsp3) is 0.667. The molecule has 0 heterocycles. The second kappa shape index (κ2) is 23.0. The highest BCUT2D eigenvalue weighted by Crippen LogP contribution is 2.08. The van der Waals surface area contributed by atoms with E-state index in [0.29, 0.717) is 6.42 Å². The van der Waals surface area contributed by atoms with Crippen LogP contribution in [0.15, 0.2) is 48.6 Å². The number of hydrogen-bond acceptors (Lipinski definition) is 3. The lowest BCUT2D eigenvalue weighted by Crippen LogP contribution is -2.45. The summed E-state index contributed by atoms with van der Waals surface area (Å²) in [5.41, 5.74) is 0. The molecule has 2 atom stereocenters. The van der Waals surface area contributed by atoms with E-state index in [4.69, 9.17) is 0 Å². The average molecular weight is 434 g/mol. The molecule has 0 bridgehead atoms. The topological polar surface area (TPSA) is 69.6 Å². The Morgan fingerprint density at radius 1 is 0.806 bits per heavy atom. The zero-order chi connectivity index (χ0) is 23.0. The van der Waals surface area contributed by atoms with Crippen molar-refractivity contribution in [1.29, 1.82) is 0 Å². The van der Waals surface area contributed by atoms with Crippen LogP contribution in [0.2, 0.25) is 0 Å². The van der Waals surface area contributed by atoms with Gasteiger partial charge in [0.15, 0.2) is 0 Å². The van der Waals surface area contributed by atoms with Crippen molar-refractivity contribution < 1.29 is 15.0 Å². The van der Waals surface area contributed by atoms with Gasteiger partial charge in [0, 0.05) is 6.42 Å². The third-order valence-corrected chi connectivity index (χ3v) is 5.11. The highest BCUT2D eigenvalue weighted by Gasteiger charge is 2.17. The van der Waals surface area contributed by atoms with Crippen LogP contribution >= 0.6 is 0 Å². The number of aliphatic hydroxyl groups excluding tert-OH is 2. The summed E-state index contributed by atoms with van der Waals surface area (Å²) < 4.78 is 0. The van der Waals surface area contributed by atoms with Crippen molar-refractivity contribution in [3.05, 3.63) is 48.6 Å². The van der Waals surface area contributed by atoms with Gasteiger partial charge in [-0.1, -0.05) is 81.2 Å². The van der Waals surface area contributed by atoms with Gasteiger partial charge in [0.1, 0.15) is 0 Å². The zero-order valence-electron chi connectivity index (χ0n) is 20.0. The van der Waals surface area contributed by atoms with Crippen molar-refractivity contribution in [3.8, 4) is 0 Å². The molecule has 4 nitrogen and oxygen atoms in total. The van der Waals surface area contributed by atoms with Gasteiger partial charge >= 0.3 is 0 Å². The minimum absolute atomic E-state index is 0.102. The molecule has 0 radical (unpaired) electrons. The van der Waals surface area contributed by atoms with Crippen molar-refractivity contribution in [3.63, 3.8) is 0 Å². The quantitative estimate of drug-likeness (QED) is 0.159. The van der Waals surface area contributed by atoms with E-state index >= 15 is 0 Å². The lowest BCUT2D eigenvalue weighted by Gasteiger charge is -2.19. The third kappa shape index (κ3) is 20.0. The molecule has 0 rings (SSSR count). The summed E-state index contributed by atoms with van der Waals surface area (Å²) >= 11 is 0. The zero-order valence-corrected chi connectivity index (χ0v) is 20.0. The number of carbonyl (C=O) groups excluding carboxylic acids is 1. The first kappa shape index (κ1) is 29.4. The van der Waals surface area contributed by atoms with Gasteiger partial charge in [0.25, 0.3) is 0 Å². The normalized spacial score (nSPS) is 14.3. The standard InChI is InChI=1S/C27H47NO3/c1-3-5-7-9-11-13-15-17-19-21-23-27(31)28-25(24-29)26(30)22-20-18-16-14-12-10-8-6-4-2/h4,6,9,11-12,14,20,22,25-26,29-30H,3,5,7-8,10,13,15-19,21,23-24H2,1-2H3,(H,28,31)/b6-4+,11-9-,14-12+,22-20+. The monoisotopic (exact) mass is 433 g/mol. The first-order chi connectivity index (χ1) is 15.2. The van der Waals surface area contributed by atoms with Crippen LogP contribution in [0, 0.1) is 0 Å². The summed E-state index contributed by atoms with van der Waals surface area (Å²) in [5.74, 6) is -0.102. The number of nitrogens with one attached hydrogen (secondary N) is 1. The molecule has 2 unspecified atom stereocenters. The predicted molar refractivity (Wildman–Crippen MR) is 133 cm³/mol. The van der Waals surface area contributed by atoms with Crippen LogP contribution in [-0.2, 0) is 4.79 Å². The predicted octanol–water partition coefficient (Wildman–Crippen LogP) is 6.16. The maximum Gasteiger partial charge on any atom is 0.220 e. The molecule has 3 N–H and O–H groups in total. The van der Waals surface area contributed by atoms with Gasteiger partial charge in [-0.3, -0.25) is 4.79 Å². The smallest absolute Gasteiger partial charge is 0.220 e. The fourth-order valence-electron chi connectivity index (χ4n) is 3.13. The van der Waals surface area contributed by atoms with Gasteiger partial charge in [-0.25, -0.2) is 0 Å². The van der Waals surface area contributed by atoms with Crippen LogP contribution < -0.4 is 5.32 Å². The maximum absolute atomic E-state index is 12.1. The van der Waals surface area contributed by atoms with Crippen LogP contribution in [0.25, 0.3) is 0 Å². The summed E-state index contributed by atoms with van der Waals surface area (Å²) in [5, 5.41) is 22.5. The molecule has 178 valence electrons. The number of rotatable bonds is 20. The van der Waals surface area contributed by atoms with Crippen LogP contribution in [0.4, 0.5) is 0 Å². The molecule has 0 aromatic rings. The lowest BCUT2D eigenvalue weighted by molar-refractivity contribution is -0.123. The summed E-state index contributed by atoms with van der Waals surface area (Å²) in [6.07, 6.45) is 29.1. The number of aliphatic hydroxyl groups is 2. The van der Waals surface area contributed by atoms with Gasteiger partial charge in [-0.15, -0.1) is 0 Å². The van der Waals surface area contributed by atoms with Gasteiger partial charge in [-0.2, -0.15) is 0 Å². The van der Waals surface area contributed by atoms with Crippen molar-refractivity contribution in [2.75, 3.05) is 6.61 Å². The van der Waals surface area contributed by atoms with E-state index in [0.717, 1.165) is 57.8 Å². The van der Waals surface area contributed by atoms with E-state index in [9.17, 15) is 15.0 Å². The molecule has 4 heteroatoms. The lowest BCUT2D eigenvalue weighted by atomic mass is 10.1. The molecule has 0 aromatic carbocycles. The third-order valence-electron chi connectivity index (χ3n) is 5.11. The maximum atomic E-state index is 12.1. The number of unbranched alkanes of at least 4 members (excludes halogenated alkanes) is 8. The van der Waals surface area contributed by atoms with Crippen LogP contribution in [0.3, 0.4) is 0 Å². The molecule has 0 fully saturated rings. The van der Waals surface area contributed by atoms with Gasteiger partial charge in [0.05, 0.1) is 18.8 Å². The highest BCUT2D eigenvalue weighted by atomic mass is 16.3. The molecule has 0 aliphatic rings. The summed E-state index contributed by atoms with van der Waals surface area (Å²) in [6, 6.07) is -0.645. The Kier molecular flexibility index (Phi) is 21.8. The Bertz CT molecular complexity index is 523. The molecule has 1 amide bonds. The number of allylic oxidation sites excluding steroid dienone is 7. The van der Waals surface area contributed by atoms with Crippen molar-refractivity contribution >= 4 is 5.91 Å². The van der Waals surface area contributed by atoms with E-state index in [-0.39, 0.29) is 12.5 Å². The largest absolute Gasteiger partial charge is 0.394 e. The average Bonchev–Trinajstić information content (AvgIpc) is 2.77. The minimum atomic E-state index is -0.868. The first-order valence-electron chi connectivity index (χ1n) is 12.3. The van der Waals surface area contributed by atoms with Crippen LogP contribution in [0.1, 0.15) is 97.3 Å². The SMILES string of the molecule is C/C=C/CC/C=C/CC/C=C/C(O)C(CO)NC(=O)CCCCCC/C=C\CCCC. The van der Waals surface area contributed by atoms with E-state index in [1.807, 2.05) is 13.0 Å². The summed E-state index contributed by atoms with van der Waals surface area (Å²) in [7, 11) is 0. The molecule has 0 aliphatic heterocycles. The molecular formula is C27H47NO3. The van der Waals surface area contributed by atoms with E-state index in [2.05, 4.69) is 48.7 Å². The summed E-state index contributed by atoms with van der Waals surface area (Å²) in [4.78, 5) is 12.1. The molecule has 0 spiro atoms. The molecule has 0 saturated heterocycles. The molecule has 0 aliphatic carbocycles. The Balaban J connectivity index is 3.87. The van der Waals surface area contributed by atoms with Crippen molar-refractivity contribution in [2.24, 2.45) is 0 Å². The van der Waals surface area contributed by atoms with E-state index in [1.165, 1.54) is 19.3 Å². The number of carbonyl (C=O) groups is 1. The molecule has 0 aromatic heterocycles. The second-order valence-corrected chi connectivity index (χ2v) is 8.04. The van der Waals surface area contributed by atoms with E-state index < -0.39 is 12.1 Å². The van der Waals surface area contributed by atoms with E-state index in [1.54, 1.807) is 6.08 Å². The van der Waals surface area contributed by atoms with Crippen molar-refractivity contribution in [1.82, 2.24) is 5.32 Å². The molecule has 0 saturated carbocycles. The number of amides is 1. The summed E-state index contributed by atoms with van der Waals surface area (Å²) in [6.45, 7) is 3.96. The Morgan fingerprint density at radius 2 is 1.39 bits per heavy atom. The minimum Gasteiger partial charge on any atom is -0.394 e. The van der Waals surface area contributed by atoms with Gasteiger partial charge in [0.2, 0.25) is 5.91 Å². The van der Waals surface area contributed by atoms with Gasteiger partial charge < -0.3 is 15.5 Å². The second-order valence-electron chi connectivity index (χ2n) is 8.04. The Labute approximate surface area is 191 Å². The van der Waals surface area contributed by atoms with Crippen molar-refractivity contribution in [2.45, 2.75) is 109 Å². The Hall–Kier alpha value is -1.65.